The Morgan fingerprint density at radius 2 is 1.81 bits per heavy atom. The van der Waals surface area contributed by atoms with E-state index in [1.165, 1.54) is 18.5 Å². The largest absolute Gasteiger partial charge is 0.405 e. The third-order valence-corrected chi connectivity index (χ3v) is 5.19. The number of carbonyl (C=O) groups is 2. The molecular weight excluding hydrogens is 527 g/mol. The third-order valence-electron chi connectivity index (χ3n) is 4.59. The Hall–Kier alpha value is -3.92. The molecule has 0 fully saturated rings. The minimum Gasteiger partial charge on any atom is -0.342 e. The number of pyridine rings is 2. The summed E-state index contributed by atoms with van der Waals surface area (Å²) in [5.41, 5.74) is 2.19. The van der Waals surface area contributed by atoms with Crippen LogP contribution in [-0.2, 0) is 0 Å². The highest BCUT2D eigenvalue weighted by atomic mass is 35.5. The number of nitrogens with two attached hydrogens (primary N) is 1. The molecule has 3 aromatic rings. The normalized spacial score (nSPS) is 10.9. The van der Waals surface area contributed by atoms with E-state index in [4.69, 9.17) is 35.5 Å². The summed E-state index contributed by atoms with van der Waals surface area (Å²) in [6.45, 7) is -1.58. The van der Waals surface area contributed by atoms with E-state index in [1.807, 2.05) is 0 Å². The second kappa shape index (κ2) is 10.8. The molecule has 36 heavy (non-hydrogen) atoms. The molecule has 1 aromatic carbocycles. The van der Waals surface area contributed by atoms with Gasteiger partial charge in [0.25, 0.3) is 11.8 Å². The van der Waals surface area contributed by atoms with E-state index < -0.39 is 36.0 Å². The lowest BCUT2D eigenvalue weighted by Gasteiger charge is -2.14. The van der Waals surface area contributed by atoms with Crippen molar-refractivity contribution in [3.63, 3.8) is 0 Å². The van der Waals surface area contributed by atoms with Gasteiger partial charge in [-0.1, -0.05) is 29.1 Å². The average molecular weight is 541 g/mol. The first kappa shape index (κ1) is 26.7. The van der Waals surface area contributed by atoms with Gasteiger partial charge < -0.3 is 16.1 Å². The fourth-order valence-electron chi connectivity index (χ4n) is 3.02. The molecule has 0 bridgehead atoms. The first-order valence-corrected chi connectivity index (χ1v) is 10.4. The SMILES string of the molecule is C#Cc1cncc(NN)c1-c1cc(Cl)c(C(=O)Nc2cnc(C(=O)NCC(F)(F)F)c(Cl)c2)cc1F. The fourth-order valence-corrected chi connectivity index (χ4v) is 3.52. The highest BCUT2D eigenvalue weighted by molar-refractivity contribution is 6.35. The predicted octanol–water partition coefficient (Wildman–Crippen LogP) is 4.40. The van der Waals surface area contributed by atoms with Gasteiger partial charge in [-0.15, -0.1) is 6.42 Å². The number of nitrogen functional groups attached to an aromatic ring is 1. The Morgan fingerprint density at radius 1 is 1.08 bits per heavy atom. The summed E-state index contributed by atoms with van der Waals surface area (Å²) < 4.78 is 51.9. The molecule has 0 atom stereocenters. The lowest BCUT2D eigenvalue weighted by atomic mass is 9.98. The molecule has 3 rings (SSSR count). The Labute approximate surface area is 211 Å². The van der Waals surface area contributed by atoms with E-state index in [2.05, 4.69) is 26.6 Å². The van der Waals surface area contributed by atoms with E-state index in [1.54, 1.807) is 5.32 Å². The van der Waals surface area contributed by atoms with E-state index >= 15 is 4.39 Å². The summed E-state index contributed by atoms with van der Waals surface area (Å²) in [6.07, 6.45) is 4.49. The summed E-state index contributed by atoms with van der Waals surface area (Å²) in [4.78, 5) is 32.2. The van der Waals surface area contributed by atoms with Crippen molar-refractivity contribution in [2.45, 2.75) is 6.18 Å². The van der Waals surface area contributed by atoms with Gasteiger partial charge in [0.1, 0.15) is 18.1 Å². The molecule has 5 N–H and O–H groups in total. The number of hydrogen-bond donors (Lipinski definition) is 4. The third kappa shape index (κ3) is 6.01. The van der Waals surface area contributed by atoms with Crippen LogP contribution in [0.25, 0.3) is 11.1 Å². The zero-order valence-corrected chi connectivity index (χ0v) is 19.3. The van der Waals surface area contributed by atoms with Crippen LogP contribution in [-0.4, -0.2) is 34.5 Å². The number of amides is 2. The molecule has 2 heterocycles. The average Bonchev–Trinajstić information content (AvgIpc) is 2.82. The second-order valence-electron chi connectivity index (χ2n) is 7.02. The highest BCUT2D eigenvalue weighted by Crippen LogP contribution is 2.35. The van der Waals surface area contributed by atoms with Gasteiger partial charge in [0.2, 0.25) is 0 Å². The van der Waals surface area contributed by atoms with Crippen molar-refractivity contribution in [3.8, 4) is 23.5 Å². The Balaban J connectivity index is 1.86. The van der Waals surface area contributed by atoms with Crippen molar-refractivity contribution in [2.24, 2.45) is 5.84 Å². The summed E-state index contributed by atoms with van der Waals surface area (Å²) in [5, 5.41) is 3.52. The zero-order chi connectivity index (χ0) is 26.6. The standard InChI is InChI=1S/C22H14Cl2F4N6O2/c1-2-10-6-30-8-17(34-29)18(10)13-4-14(23)12(5-16(13)25)20(35)33-11-3-15(24)19(31-7-11)21(36)32-9-22(26,27)28/h1,3-8,34H,9,29H2,(H,32,36)(H,33,35). The molecule has 0 radical (unpaired) electrons. The zero-order valence-electron chi connectivity index (χ0n) is 17.8. The number of benzene rings is 1. The minimum absolute atomic E-state index is 0.0312. The molecule has 0 aliphatic heterocycles. The number of nitrogens with one attached hydrogen (secondary N) is 3. The van der Waals surface area contributed by atoms with Gasteiger partial charge in [-0.25, -0.2) is 9.37 Å². The molecule has 0 aliphatic rings. The van der Waals surface area contributed by atoms with Gasteiger partial charge >= 0.3 is 6.18 Å². The van der Waals surface area contributed by atoms with Gasteiger partial charge in [0, 0.05) is 17.3 Å². The molecule has 2 aromatic heterocycles. The predicted molar refractivity (Wildman–Crippen MR) is 126 cm³/mol. The quantitative estimate of drug-likeness (QED) is 0.159. The van der Waals surface area contributed by atoms with Crippen LogP contribution in [0.1, 0.15) is 26.4 Å². The minimum atomic E-state index is -4.62. The molecule has 186 valence electrons. The van der Waals surface area contributed by atoms with Gasteiger partial charge in [0.15, 0.2) is 0 Å². The summed E-state index contributed by atoms with van der Waals surface area (Å²) in [5.74, 6) is 4.97. The first-order valence-electron chi connectivity index (χ1n) is 9.67. The molecule has 0 saturated carbocycles. The van der Waals surface area contributed by atoms with E-state index in [9.17, 15) is 22.8 Å². The number of terminal acetylenes is 1. The van der Waals surface area contributed by atoms with Crippen molar-refractivity contribution in [1.29, 1.82) is 0 Å². The molecule has 2 amide bonds. The Kier molecular flexibility index (Phi) is 7.99. The number of aromatic nitrogens is 2. The van der Waals surface area contributed by atoms with Crippen LogP contribution in [0.15, 0.2) is 36.8 Å². The molecule has 0 spiro atoms. The number of anilines is 2. The first-order chi connectivity index (χ1) is 16.9. The van der Waals surface area contributed by atoms with E-state index in [0.29, 0.717) is 0 Å². The number of alkyl halides is 3. The number of hydrogen-bond acceptors (Lipinski definition) is 6. The fraction of sp³-hybridized carbons (Fsp3) is 0.0909. The highest BCUT2D eigenvalue weighted by Gasteiger charge is 2.28. The lowest BCUT2D eigenvalue weighted by molar-refractivity contribution is -0.123. The van der Waals surface area contributed by atoms with Crippen LogP contribution in [0, 0.1) is 18.2 Å². The van der Waals surface area contributed by atoms with Crippen molar-refractivity contribution >= 4 is 46.4 Å². The number of rotatable bonds is 6. The van der Waals surface area contributed by atoms with E-state index in [-0.39, 0.29) is 43.7 Å². The topological polar surface area (TPSA) is 122 Å². The van der Waals surface area contributed by atoms with Crippen molar-refractivity contribution < 1.29 is 27.2 Å². The monoisotopic (exact) mass is 540 g/mol. The van der Waals surface area contributed by atoms with Crippen LogP contribution < -0.4 is 21.9 Å². The lowest BCUT2D eigenvalue weighted by Crippen LogP contribution is -2.34. The molecule has 14 heteroatoms. The maximum atomic E-state index is 15.1. The molecule has 8 nitrogen and oxygen atoms in total. The molecule has 0 aliphatic carbocycles. The van der Waals surface area contributed by atoms with E-state index in [0.717, 1.165) is 18.3 Å². The second-order valence-corrected chi connectivity index (χ2v) is 7.83. The summed E-state index contributed by atoms with van der Waals surface area (Å²) in [6, 6.07) is 3.15. The van der Waals surface area contributed by atoms with Crippen LogP contribution >= 0.6 is 23.2 Å². The van der Waals surface area contributed by atoms with Crippen LogP contribution in [0.4, 0.5) is 28.9 Å². The van der Waals surface area contributed by atoms with Crippen LogP contribution in [0.3, 0.4) is 0 Å². The van der Waals surface area contributed by atoms with Gasteiger partial charge in [-0.05, 0) is 18.2 Å². The number of nitrogens with zero attached hydrogens (tertiary/aromatic N) is 2. The molecule has 0 saturated heterocycles. The maximum Gasteiger partial charge on any atom is 0.405 e. The molecule has 0 unspecified atom stereocenters. The Morgan fingerprint density at radius 3 is 2.42 bits per heavy atom. The summed E-state index contributed by atoms with van der Waals surface area (Å²) >= 11 is 12.2. The van der Waals surface area contributed by atoms with Gasteiger partial charge in [-0.3, -0.25) is 20.4 Å². The van der Waals surface area contributed by atoms with Gasteiger partial charge in [-0.2, -0.15) is 13.2 Å². The van der Waals surface area contributed by atoms with Crippen molar-refractivity contribution in [3.05, 3.63) is 69.5 Å². The number of hydrazine groups is 1. The van der Waals surface area contributed by atoms with Crippen molar-refractivity contribution in [1.82, 2.24) is 15.3 Å². The Bertz CT molecular complexity index is 1390. The van der Waals surface area contributed by atoms with Crippen LogP contribution in [0.5, 0.6) is 0 Å². The molecular formula is C22H14Cl2F4N6O2. The number of halogens is 6. The summed E-state index contributed by atoms with van der Waals surface area (Å²) in [7, 11) is 0. The number of carbonyl (C=O) groups excluding carboxylic acids is 2. The van der Waals surface area contributed by atoms with Gasteiger partial charge in [0.05, 0.1) is 44.9 Å². The maximum absolute atomic E-state index is 15.1. The van der Waals surface area contributed by atoms with Crippen molar-refractivity contribution in [2.75, 3.05) is 17.3 Å². The van der Waals surface area contributed by atoms with Crippen LogP contribution in [0.2, 0.25) is 10.0 Å². The smallest absolute Gasteiger partial charge is 0.342 e.